The largest absolute Gasteiger partial charge is 0.490 e. The number of anilines is 1. The topological polar surface area (TPSA) is 128 Å². The van der Waals surface area contributed by atoms with Crippen LogP contribution in [0.2, 0.25) is 0 Å². The molecule has 0 saturated heterocycles. The fourth-order valence-corrected chi connectivity index (χ4v) is 2.44. The van der Waals surface area contributed by atoms with Crippen LogP contribution < -0.4 is 14.8 Å². The summed E-state index contributed by atoms with van der Waals surface area (Å²) in [5.41, 5.74) is 0.345. The van der Waals surface area contributed by atoms with E-state index in [1.54, 1.807) is 32.0 Å². The van der Waals surface area contributed by atoms with E-state index in [1.807, 2.05) is 6.07 Å². The summed E-state index contributed by atoms with van der Waals surface area (Å²) in [4.78, 5) is 24.4. The van der Waals surface area contributed by atoms with Crippen LogP contribution in [-0.4, -0.2) is 23.6 Å². The Morgan fingerprint density at radius 1 is 1.27 bits per heavy atom. The summed E-state index contributed by atoms with van der Waals surface area (Å²) in [6.07, 6.45) is 2.74. The third kappa shape index (κ3) is 4.94. The molecular weight excluding hydrogens is 390 g/mol. The summed E-state index contributed by atoms with van der Waals surface area (Å²) in [7, 11) is 0. The number of esters is 1. The zero-order valence-electron chi connectivity index (χ0n) is 16.2. The van der Waals surface area contributed by atoms with Gasteiger partial charge in [0.05, 0.1) is 12.9 Å². The molecule has 0 aliphatic rings. The molecule has 1 aromatic carbocycles. The Morgan fingerprint density at radius 2 is 2.10 bits per heavy atom. The standard InChI is InChI=1S/C21H17N3O6/c1-3-27-18-11-14(6-7-16(18)29-21(26)17-5-4-8-28-17)10-15(12-22)20(25)23-19-9-13(2)30-24-19/h4-11H,3H2,1-2H3,(H,23,24,25)/b15-10-. The van der Waals surface area contributed by atoms with Crippen molar-refractivity contribution in [1.29, 1.82) is 5.26 Å². The van der Waals surface area contributed by atoms with Crippen LogP contribution >= 0.6 is 0 Å². The lowest BCUT2D eigenvalue weighted by atomic mass is 10.1. The molecule has 30 heavy (non-hydrogen) atoms. The van der Waals surface area contributed by atoms with Gasteiger partial charge in [0.2, 0.25) is 5.76 Å². The van der Waals surface area contributed by atoms with E-state index in [2.05, 4.69) is 10.5 Å². The fraction of sp³-hybridized carbons (Fsp3) is 0.143. The zero-order valence-corrected chi connectivity index (χ0v) is 16.2. The van der Waals surface area contributed by atoms with Gasteiger partial charge in [-0.2, -0.15) is 5.26 Å². The van der Waals surface area contributed by atoms with E-state index in [0.29, 0.717) is 17.9 Å². The predicted octanol–water partition coefficient (Wildman–Crippen LogP) is 3.74. The summed E-state index contributed by atoms with van der Waals surface area (Å²) >= 11 is 0. The van der Waals surface area contributed by atoms with E-state index >= 15 is 0 Å². The van der Waals surface area contributed by atoms with Crippen molar-refractivity contribution < 1.29 is 28.0 Å². The van der Waals surface area contributed by atoms with E-state index in [-0.39, 0.29) is 28.7 Å². The van der Waals surface area contributed by atoms with Gasteiger partial charge in [0.15, 0.2) is 17.3 Å². The second kappa shape index (κ2) is 9.25. The number of hydrogen-bond donors (Lipinski definition) is 1. The van der Waals surface area contributed by atoms with Crippen LogP contribution in [0, 0.1) is 18.3 Å². The van der Waals surface area contributed by atoms with Gasteiger partial charge >= 0.3 is 5.97 Å². The van der Waals surface area contributed by atoms with Gasteiger partial charge in [-0.25, -0.2) is 4.79 Å². The van der Waals surface area contributed by atoms with Crippen molar-refractivity contribution in [2.75, 3.05) is 11.9 Å². The molecule has 0 aliphatic heterocycles. The normalized spacial score (nSPS) is 10.9. The molecule has 2 aromatic heterocycles. The van der Waals surface area contributed by atoms with Crippen LogP contribution in [0.4, 0.5) is 5.82 Å². The van der Waals surface area contributed by atoms with E-state index in [4.69, 9.17) is 18.4 Å². The van der Waals surface area contributed by atoms with Crippen LogP contribution in [0.1, 0.15) is 28.8 Å². The average Bonchev–Trinajstić information content (AvgIpc) is 3.40. The smallest absolute Gasteiger partial charge is 0.379 e. The summed E-state index contributed by atoms with van der Waals surface area (Å²) in [5.74, 6) is -0.0932. The van der Waals surface area contributed by atoms with E-state index in [0.717, 1.165) is 0 Å². The van der Waals surface area contributed by atoms with Crippen molar-refractivity contribution in [3.8, 4) is 17.6 Å². The Hall–Kier alpha value is -4.32. The van der Waals surface area contributed by atoms with Crippen LogP contribution in [-0.2, 0) is 4.79 Å². The number of carbonyl (C=O) groups is 2. The highest BCUT2D eigenvalue weighted by molar-refractivity contribution is 6.09. The van der Waals surface area contributed by atoms with Crippen molar-refractivity contribution in [2.24, 2.45) is 0 Å². The van der Waals surface area contributed by atoms with Gasteiger partial charge in [-0.15, -0.1) is 0 Å². The number of ether oxygens (including phenoxy) is 2. The average molecular weight is 407 g/mol. The number of nitrogens with one attached hydrogen (secondary N) is 1. The van der Waals surface area contributed by atoms with Gasteiger partial charge in [0.1, 0.15) is 17.4 Å². The highest BCUT2D eigenvalue weighted by atomic mass is 16.6. The lowest BCUT2D eigenvalue weighted by Gasteiger charge is -2.11. The summed E-state index contributed by atoms with van der Waals surface area (Å²) < 4.78 is 20.7. The molecular formula is C21H17N3O6. The molecule has 0 atom stereocenters. The maximum atomic E-state index is 12.3. The fourth-order valence-electron chi connectivity index (χ4n) is 2.44. The first-order chi connectivity index (χ1) is 14.5. The molecule has 9 nitrogen and oxygen atoms in total. The highest BCUT2D eigenvalue weighted by Crippen LogP contribution is 2.30. The van der Waals surface area contributed by atoms with Crippen molar-refractivity contribution in [3.63, 3.8) is 0 Å². The first-order valence-electron chi connectivity index (χ1n) is 8.89. The first kappa shape index (κ1) is 20.4. The molecule has 3 aromatic rings. The molecule has 0 unspecified atom stereocenters. The summed E-state index contributed by atoms with van der Waals surface area (Å²) in [5, 5.41) is 15.5. The molecule has 0 radical (unpaired) electrons. The molecule has 152 valence electrons. The number of nitriles is 1. The molecule has 0 saturated carbocycles. The SMILES string of the molecule is CCOc1cc(/C=C(/C#N)C(=O)Nc2cc(C)on2)ccc1OC(=O)c1ccco1. The second-order valence-corrected chi connectivity index (χ2v) is 5.95. The summed E-state index contributed by atoms with van der Waals surface area (Å²) in [6.45, 7) is 3.77. The van der Waals surface area contributed by atoms with Gasteiger partial charge in [-0.3, -0.25) is 4.79 Å². The third-order valence-electron chi connectivity index (χ3n) is 3.74. The number of hydrogen-bond acceptors (Lipinski definition) is 8. The Balaban J connectivity index is 1.82. The van der Waals surface area contributed by atoms with Gasteiger partial charge in [0.25, 0.3) is 5.91 Å². The van der Waals surface area contributed by atoms with E-state index < -0.39 is 11.9 Å². The maximum Gasteiger partial charge on any atom is 0.379 e. The minimum atomic E-state index is -0.677. The third-order valence-corrected chi connectivity index (χ3v) is 3.74. The Bertz CT molecular complexity index is 1120. The maximum absolute atomic E-state index is 12.3. The van der Waals surface area contributed by atoms with Gasteiger partial charge < -0.3 is 23.7 Å². The quantitative estimate of drug-likeness (QED) is 0.271. The Kier molecular flexibility index (Phi) is 6.29. The number of aromatic nitrogens is 1. The number of benzene rings is 1. The number of carbonyl (C=O) groups excluding carboxylic acids is 2. The number of nitrogens with zero attached hydrogens (tertiary/aromatic N) is 2. The van der Waals surface area contributed by atoms with Crippen molar-refractivity contribution in [2.45, 2.75) is 13.8 Å². The number of aryl methyl sites for hydroxylation is 1. The van der Waals surface area contributed by atoms with Crippen LogP contribution in [0.3, 0.4) is 0 Å². The Labute approximate surface area is 171 Å². The molecule has 0 fully saturated rings. The van der Waals surface area contributed by atoms with Crippen molar-refractivity contribution in [1.82, 2.24) is 5.16 Å². The monoisotopic (exact) mass is 407 g/mol. The van der Waals surface area contributed by atoms with Crippen molar-refractivity contribution >= 4 is 23.8 Å². The molecule has 1 amide bonds. The molecule has 2 heterocycles. The van der Waals surface area contributed by atoms with Gasteiger partial charge in [-0.1, -0.05) is 11.2 Å². The van der Waals surface area contributed by atoms with Crippen LogP contribution in [0.15, 0.2) is 57.2 Å². The Morgan fingerprint density at radius 3 is 2.73 bits per heavy atom. The van der Waals surface area contributed by atoms with Crippen LogP contribution in [0.5, 0.6) is 11.5 Å². The number of furan rings is 1. The lowest BCUT2D eigenvalue weighted by Crippen LogP contribution is -2.13. The predicted molar refractivity (Wildman–Crippen MR) is 105 cm³/mol. The van der Waals surface area contributed by atoms with Gasteiger partial charge in [-0.05, 0) is 49.8 Å². The molecule has 0 spiro atoms. The van der Waals surface area contributed by atoms with Crippen molar-refractivity contribution in [3.05, 3.63) is 65.3 Å². The highest BCUT2D eigenvalue weighted by Gasteiger charge is 2.16. The lowest BCUT2D eigenvalue weighted by molar-refractivity contribution is -0.112. The first-order valence-corrected chi connectivity index (χ1v) is 8.89. The minimum Gasteiger partial charge on any atom is -0.490 e. The molecule has 3 rings (SSSR count). The van der Waals surface area contributed by atoms with Crippen LogP contribution in [0.25, 0.3) is 6.08 Å². The van der Waals surface area contributed by atoms with E-state index in [1.165, 1.54) is 30.5 Å². The molecule has 9 heteroatoms. The molecule has 1 N–H and O–H groups in total. The zero-order chi connectivity index (χ0) is 21.5. The summed E-state index contributed by atoms with van der Waals surface area (Å²) in [6, 6.07) is 11.1. The molecule has 0 bridgehead atoms. The molecule has 0 aliphatic carbocycles. The number of amides is 1. The second-order valence-electron chi connectivity index (χ2n) is 5.95. The minimum absolute atomic E-state index is 0.0490. The number of rotatable bonds is 7. The van der Waals surface area contributed by atoms with Gasteiger partial charge in [0, 0.05) is 6.07 Å². The van der Waals surface area contributed by atoms with E-state index in [9.17, 15) is 14.9 Å².